The Kier molecular flexibility index (Phi) is 5.60. The van der Waals surface area contributed by atoms with Crippen LogP contribution in [0.15, 0.2) is 30.3 Å². The maximum Gasteiger partial charge on any atom is 0.150 e. The van der Waals surface area contributed by atoms with E-state index in [2.05, 4.69) is 21.4 Å². The summed E-state index contributed by atoms with van der Waals surface area (Å²) in [5.41, 5.74) is 9.86. The van der Waals surface area contributed by atoms with E-state index < -0.39 is 9.84 Å². The van der Waals surface area contributed by atoms with Gasteiger partial charge in [-0.1, -0.05) is 6.07 Å². The summed E-state index contributed by atoms with van der Waals surface area (Å²) in [5, 5.41) is 4.16. The Labute approximate surface area is 182 Å². The summed E-state index contributed by atoms with van der Waals surface area (Å²) in [7, 11) is -3.02. The van der Waals surface area contributed by atoms with Crippen LogP contribution in [0.2, 0.25) is 0 Å². The topological polar surface area (TPSA) is 98.0 Å². The second kappa shape index (κ2) is 8.07. The van der Waals surface area contributed by atoms with Crippen molar-refractivity contribution in [2.75, 3.05) is 22.6 Å². The second-order valence-electron chi connectivity index (χ2n) is 8.48. The predicted molar refractivity (Wildman–Crippen MR) is 122 cm³/mol. The van der Waals surface area contributed by atoms with E-state index in [4.69, 9.17) is 5.73 Å². The molecular formula is C23H27FN4O2S. The number of nitrogen functional groups attached to an aromatic ring is 1. The quantitative estimate of drug-likeness (QED) is 0.580. The van der Waals surface area contributed by atoms with Crippen molar-refractivity contribution < 1.29 is 12.8 Å². The first-order valence-electron chi connectivity index (χ1n) is 10.4. The number of fused-ring (bicyclic) bond motifs is 1. The predicted octanol–water partition coefficient (Wildman–Crippen LogP) is 4.43. The summed E-state index contributed by atoms with van der Waals surface area (Å²) < 4.78 is 38.5. The van der Waals surface area contributed by atoms with Crippen LogP contribution in [0, 0.1) is 19.7 Å². The van der Waals surface area contributed by atoms with Crippen molar-refractivity contribution in [3.05, 3.63) is 58.7 Å². The molecule has 3 N–H and O–H groups in total. The first-order valence-corrected chi connectivity index (χ1v) is 12.3. The fraction of sp³-hybridized carbons (Fsp3) is 0.391. The summed E-state index contributed by atoms with van der Waals surface area (Å²) in [6.45, 7) is 5.79. The summed E-state index contributed by atoms with van der Waals surface area (Å²) in [5.74, 6) is 0.880. The average Bonchev–Trinajstić information content (AvgIpc) is 2.67. The van der Waals surface area contributed by atoms with Crippen LogP contribution in [-0.4, -0.2) is 29.9 Å². The molecular weight excluding hydrogens is 415 g/mol. The molecule has 0 amide bonds. The molecule has 1 aliphatic heterocycles. The Morgan fingerprint density at radius 3 is 2.48 bits per heavy atom. The molecule has 164 valence electrons. The molecule has 0 bridgehead atoms. The smallest absolute Gasteiger partial charge is 0.150 e. The summed E-state index contributed by atoms with van der Waals surface area (Å²) in [4.78, 5) is 8.99. The minimum atomic E-state index is -3.02. The van der Waals surface area contributed by atoms with E-state index in [1.165, 1.54) is 6.07 Å². The summed E-state index contributed by atoms with van der Waals surface area (Å²) in [6, 6.07) is 9.05. The highest BCUT2D eigenvalue weighted by Gasteiger charge is 2.27. The highest BCUT2D eigenvalue weighted by Crippen LogP contribution is 2.35. The Morgan fingerprint density at radius 2 is 1.81 bits per heavy atom. The summed E-state index contributed by atoms with van der Waals surface area (Å²) in [6.07, 6.45) is 0.860. The first-order chi connectivity index (χ1) is 14.6. The van der Waals surface area contributed by atoms with Gasteiger partial charge in [0.15, 0.2) is 0 Å². The van der Waals surface area contributed by atoms with Gasteiger partial charge in [0.2, 0.25) is 0 Å². The first kappa shape index (κ1) is 21.5. The monoisotopic (exact) mass is 442 g/mol. The molecule has 6 nitrogen and oxygen atoms in total. The van der Waals surface area contributed by atoms with Crippen molar-refractivity contribution in [3.8, 4) is 0 Å². The van der Waals surface area contributed by atoms with Crippen LogP contribution >= 0.6 is 0 Å². The second-order valence-corrected chi connectivity index (χ2v) is 10.8. The van der Waals surface area contributed by atoms with E-state index in [9.17, 15) is 12.8 Å². The third kappa shape index (κ3) is 4.63. The summed E-state index contributed by atoms with van der Waals surface area (Å²) >= 11 is 0. The van der Waals surface area contributed by atoms with E-state index in [0.29, 0.717) is 41.3 Å². The Balaban J connectivity index is 1.72. The van der Waals surface area contributed by atoms with Crippen LogP contribution < -0.4 is 11.1 Å². The zero-order valence-electron chi connectivity index (χ0n) is 17.9. The molecule has 0 aliphatic carbocycles. The van der Waals surface area contributed by atoms with Gasteiger partial charge in [0, 0.05) is 17.1 Å². The largest absolute Gasteiger partial charge is 0.399 e. The van der Waals surface area contributed by atoms with Gasteiger partial charge in [-0.2, -0.15) is 0 Å². The van der Waals surface area contributed by atoms with Crippen LogP contribution in [-0.2, 0) is 9.84 Å². The molecule has 31 heavy (non-hydrogen) atoms. The molecule has 2 aromatic carbocycles. The van der Waals surface area contributed by atoms with E-state index >= 15 is 0 Å². The molecule has 8 heteroatoms. The van der Waals surface area contributed by atoms with E-state index in [-0.39, 0.29) is 29.3 Å². The molecule has 1 aromatic heterocycles. The third-order valence-corrected chi connectivity index (χ3v) is 7.61. The van der Waals surface area contributed by atoms with Crippen molar-refractivity contribution in [1.29, 1.82) is 0 Å². The van der Waals surface area contributed by atoms with Crippen LogP contribution in [0.5, 0.6) is 0 Å². The van der Waals surface area contributed by atoms with E-state index in [1.807, 2.05) is 26.0 Å². The van der Waals surface area contributed by atoms with Crippen molar-refractivity contribution in [1.82, 2.24) is 9.97 Å². The molecule has 1 atom stereocenters. The minimum absolute atomic E-state index is 0.0759. The van der Waals surface area contributed by atoms with Crippen LogP contribution in [0.25, 0.3) is 10.9 Å². The van der Waals surface area contributed by atoms with Crippen molar-refractivity contribution in [2.24, 2.45) is 0 Å². The van der Waals surface area contributed by atoms with Gasteiger partial charge in [-0.05, 0) is 74.4 Å². The lowest BCUT2D eigenvalue weighted by molar-refractivity contribution is 0.527. The lowest BCUT2D eigenvalue weighted by Gasteiger charge is -2.23. The number of nitrogens with one attached hydrogen (secondary N) is 1. The van der Waals surface area contributed by atoms with Gasteiger partial charge < -0.3 is 11.1 Å². The third-order valence-electron chi connectivity index (χ3n) is 5.90. The zero-order valence-corrected chi connectivity index (χ0v) is 18.8. The lowest BCUT2D eigenvalue weighted by Crippen LogP contribution is -2.22. The van der Waals surface area contributed by atoms with Gasteiger partial charge in [-0.15, -0.1) is 0 Å². The molecule has 1 aliphatic rings. The fourth-order valence-electron chi connectivity index (χ4n) is 4.29. The Morgan fingerprint density at radius 1 is 1.10 bits per heavy atom. The molecule has 2 heterocycles. The highest BCUT2D eigenvalue weighted by molar-refractivity contribution is 7.91. The van der Waals surface area contributed by atoms with E-state index in [1.54, 1.807) is 13.0 Å². The SMILES string of the molecule is Cc1cc(N)cc([C@@H](C)Nc2nc(C)nc3cc(F)c(C4CCS(=O)(=O)CC4)cc23)c1. The normalized spacial score (nSPS) is 17.5. The molecule has 0 saturated carbocycles. The molecule has 1 fully saturated rings. The maximum absolute atomic E-state index is 14.9. The van der Waals surface area contributed by atoms with Gasteiger partial charge in [0.05, 0.1) is 23.1 Å². The molecule has 4 rings (SSSR count). The minimum Gasteiger partial charge on any atom is -0.399 e. The number of sulfone groups is 1. The van der Waals surface area contributed by atoms with Gasteiger partial charge in [0.1, 0.15) is 27.3 Å². The van der Waals surface area contributed by atoms with Gasteiger partial charge >= 0.3 is 0 Å². The Hall–Kier alpha value is -2.74. The van der Waals surface area contributed by atoms with Crippen LogP contribution in [0.1, 0.15) is 54.2 Å². The van der Waals surface area contributed by atoms with Crippen molar-refractivity contribution >= 4 is 32.2 Å². The number of nitrogens with zero attached hydrogens (tertiary/aromatic N) is 2. The number of anilines is 2. The number of nitrogens with two attached hydrogens (primary N) is 1. The van der Waals surface area contributed by atoms with E-state index in [0.717, 1.165) is 16.5 Å². The molecule has 0 unspecified atom stereocenters. The number of benzene rings is 2. The number of aromatic nitrogens is 2. The molecule has 0 radical (unpaired) electrons. The van der Waals surface area contributed by atoms with Crippen molar-refractivity contribution in [2.45, 2.75) is 45.6 Å². The number of hydrogen-bond donors (Lipinski definition) is 2. The zero-order chi connectivity index (χ0) is 22.3. The number of hydrogen-bond acceptors (Lipinski definition) is 6. The highest BCUT2D eigenvalue weighted by atomic mass is 32.2. The lowest BCUT2D eigenvalue weighted by atomic mass is 9.92. The Bertz CT molecular complexity index is 1230. The fourth-order valence-corrected chi connectivity index (χ4v) is 5.78. The van der Waals surface area contributed by atoms with Gasteiger partial charge in [-0.3, -0.25) is 0 Å². The maximum atomic E-state index is 14.9. The van der Waals surface area contributed by atoms with Crippen LogP contribution in [0.3, 0.4) is 0 Å². The van der Waals surface area contributed by atoms with Crippen LogP contribution in [0.4, 0.5) is 15.9 Å². The van der Waals surface area contributed by atoms with Gasteiger partial charge in [-0.25, -0.2) is 22.8 Å². The number of rotatable bonds is 4. The standard InChI is InChI=1S/C23H27FN4O2S/c1-13-8-17(10-18(25)9-13)14(2)26-23-20-11-19(16-4-6-31(29,30)7-5-16)21(24)12-22(20)27-15(3)28-23/h8-12,14,16H,4-7,25H2,1-3H3,(H,26,27,28)/t14-/m1/s1. The number of halogens is 1. The molecule has 0 spiro atoms. The van der Waals surface area contributed by atoms with Gasteiger partial charge in [0.25, 0.3) is 0 Å². The van der Waals surface area contributed by atoms with Crippen molar-refractivity contribution in [3.63, 3.8) is 0 Å². The molecule has 1 saturated heterocycles. The average molecular weight is 443 g/mol. The molecule has 3 aromatic rings. The number of aryl methyl sites for hydroxylation is 2.